The van der Waals surface area contributed by atoms with E-state index in [4.69, 9.17) is 4.42 Å². The van der Waals surface area contributed by atoms with Crippen LogP contribution in [0.4, 0.5) is 4.79 Å². The SMILES string of the molecule is O=C(NCc1ccccc1)N1CCC(c2nnc(C3CC3)o2)CC1. The van der Waals surface area contributed by atoms with Crippen LogP contribution in [0.15, 0.2) is 34.7 Å². The number of urea groups is 1. The normalized spacial score (nSPS) is 18.6. The summed E-state index contributed by atoms with van der Waals surface area (Å²) in [7, 11) is 0. The Morgan fingerprint density at radius 1 is 1.04 bits per heavy atom. The number of amides is 2. The largest absolute Gasteiger partial charge is 0.425 e. The van der Waals surface area contributed by atoms with Gasteiger partial charge in [-0.05, 0) is 31.2 Å². The molecular formula is C18H22N4O2. The van der Waals surface area contributed by atoms with Crippen molar-refractivity contribution in [3.05, 3.63) is 47.7 Å². The molecule has 1 saturated heterocycles. The van der Waals surface area contributed by atoms with Crippen molar-refractivity contribution in [2.24, 2.45) is 0 Å². The summed E-state index contributed by atoms with van der Waals surface area (Å²) in [5, 5.41) is 11.4. The summed E-state index contributed by atoms with van der Waals surface area (Å²) in [4.78, 5) is 14.2. The van der Waals surface area contributed by atoms with Crippen molar-refractivity contribution in [3.63, 3.8) is 0 Å². The number of hydrogen-bond donors (Lipinski definition) is 1. The van der Waals surface area contributed by atoms with Crippen molar-refractivity contribution in [1.82, 2.24) is 20.4 Å². The van der Waals surface area contributed by atoms with Crippen molar-refractivity contribution in [1.29, 1.82) is 0 Å². The van der Waals surface area contributed by atoms with Crippen LogP contribution in [-0.4, -0.2) is 34.2 Å². The maximum Gasteiger partial charge on any atom is 0.317 e. The first kappa shape index (κ1) is 15.2. The minimum Gasteiger partial charge on any atom is -0.425 e. The molecule has 1 saturated carbocycles. The summed E-state index contributed by atoms with van der Waals surface area (Å²) in [6.45, 7) is 2.02. The first-order valence-corrected chi connectivity index (χ1v) is 8.69. The van der Waals surface area contributed by atoms with Crippen LogP contribution in [0.2, 0.25) is 0 Å². The van der Waals surface area contributed by atoms with E-state index in [1.165, 1.54) is 12.8 Å². The van der Waals surface area contributed by atoms with Gasteiger partial charge in [-0.1, -0.05) is 30.3 Å². The van der Waals surface area contributed by atoms with E-state index in [2.05, 4.69) is 15.5 Å². The van der Waals surface area contributed by atoms with Gasteiger partial charge in [-0.3, -0.25) is 0 Å². The van der Waals surface area contributed by atoms with E-state index < -0.39 is 0 Å². The third-order valence-corrected chi connectivity index (χ3v) is 4.80. The molecule has 1 aromatic heterocycles. The van der Waals surface area contributed by atoms with Gasteiger partial charge in [-0.25, -0.2) is 4.79 Å². The van der Waals surface area contributed by atoms with E-state index in [0.717, 1.165) is 43.3 Å². The molecule has 1 N–H and O–H groups in total. The zero-order chi connectivity index (χ0) is 16.4. The fourth-order valence-electron chi connectivity index (χ4n) is 3.12. The molecule has 0 atom stereocenters. The lowest BCUT2D eigenvalue weighted by Crippen LogP contribution is -2.43. The second-order valence-electron chi connectivity index (χ2n) is 6.66. The number of carbonyl (C=O) groups is 1. The Morgan fingerprint density at radius 2 is 1.67 bits per heavy atom. The second kappa shape index (κ2) is 6.63. The molecule has 4 rings (SSSR count). The summed E-state index contributed by atoms with van der Waals surface area (Å²) in [5.74, 6) is 2.33. The van der Waals surface area contributed by atoms with E-state index >= 15 is 0 Å². The Balaban J connectivity index is 1.26. The highest BCUT2D eigenvalue weighted by Gasteiger charge is 2.32. The van der Waals surface area contributed by atoms with Crippen LogP contribution in [0.1, 0.15) is 54.9 Å². The van der Waals surface area contributed by atoms with Crippen LogP contribution in [0.25, 0.3) is 0 Å². The predicted molar refractivity (Wildman–Crippen MR) is 88.5 cm³/mol. The molecule has 24 heavy (non-hydrogen) atoms. The summed E-state index contributed by atoms with van der Waals surface area (Å²) in [6.07, 6.45) is 4.10. The molecule has 2 heterocycles. The van der Waals surface area contributed by atoms with Crippen molar-refractivity contribution in [2.45, 2.75) is 44.1 Å². The quantitative estimate of drug-likeness (QED) is 0.937. The van der Waals surface area contributed by atoms with E-state index in [-0.39, 0.29) is 11.9 Å². The monoisotopic (exact) mass is 326 g/mol. The van der Waals surface area contributed by atoms with Crippen LogP contribution in [-0.2, 0) is 6.54 Å². The fraction of sp³-hybridized carbons (Fsp3) is 0.500. The Kier molecular flexibility index (Phi) is 4.19. The molecule has 1 aliphatic carbocycles. The lowest BCUT2D eigenvalue weighted by Gasteiger charge is -2.30. The third kappa shape index (κ3) is 3.42. The number of piperidine rings is 1. The van der Waals surface area contributed by atoms with E-state index in [9.17, 15) is 4.79 Å². The average molecular weight is 326 g/mol. The maximum absolute atomic E-state index is 12.3. The van der Waals surface area contributed by atoms with Crippen molar-refractivity contribution in [2.75, 3.05) is 13.1 Å². The second-order valence-corrected chi connectivity index (χ2v) is 6.66. The van der Waals surface area contributed by atoms with E-state index in [1.54, 1.807) is 0 Å². The minimum atomic E-state index is 0.00139. The molecule has 6 nitrogen and oxygen atoms in total. The number of hydrogen-bond acceptors (Lipinski definition) is 4. The van der Waals surface area contributed by atoms with Crippen LogP contribution in [0.5, 0.6) is 0 Å². The zero-order valence-electron chi connectivity index (χ0n) is 13.6. The molecule has 2 fully saturated rings. The molecule has 1 aromatic carbocycles. The van der Waals surface area contributed by atoms with Gasteiger partial charge in [0.2, 0.25) is 11.8 Å². The molecule has 2 aromatic rings. The van der Waals surface area contributed by atoms with E-state index in [0.29, 0.717) is 12.5 Å². The van der Waals surface area contributed by atoms with Gasteiger partial charge >= 0.3 is 6.03 Å². The van der Waals surface area contributed by atoms with Crippen molar-refractivity contribution in [3.8, 4) is 0 Å². The first-order chi connectivity index (χ1) is 11.8. The number of rotatable bonds is 4. The molecular weight excluding hydrogens is 304 g/mol. The standard InChI is InChI=1S/C18H22N4O2/c23-18(19-12-13-4-2-1-3-5-13)22-10-8-15(9-11-22)17-21-20-16(24-17)14-6-7-14/h1-5,14-15H,6-12H2,(H,19,23). The third-order valence-electron chi connectivity index (χ3n) is 4.80. The molecule has 0 spiro atoms. The highest BCUT2D eigenvalue weighted by molar-refractivity contribution is 5.74. The summed E-state index contributed by atoms with van der Waals surface area (Å²) < 4.78 is 5.81. The fourth-order valence-corrected chi connectivity index (χ4v) is 3.12. The molecule has 0 radical (unpaired) electrons. The van der Waals surface area contributed by atoms with Crippen LogP contribution >= 0.6 is 0 Å². The van der Waals surface area contributed by atoms with Crippen LogP contribution < -0.4 is 5.32 Å². The molecule has 0 unspecified atom stereocenters. The Bertz CT molecular complexity index is 688. The summed E-state index contributed by atoms with van der Waals surface area (Å²) in [6, 6.07) is 9.96. The predicted octanol–water partition coefficient (Wildman–Crippen LogP) is 3.04. The number of carbonyl (C=O) groups excluding carboxylic acids is 1. The molecule has 2 amide bonds. The Hall–Kier alpha value is -2.37. The van der Waals surface area contributed by atoms with Gasteiger partial charge in [0.1, 0.15) is 0 Å². The Morgan fingerprint density at radius 3 is 2.29 bits per heavy atom. The number of likely N-dealkylation sites (tertiary alicyclic amines) is 1. The lowest BCUT2D eigenvalue weighted by molar-refractivity contribution is 0.176. The van der Waals surface area contributed by atoms with Gasteiger partial charge in [0.05, 0.1) is 0 Å². The number of nitrogens with one attached hydrogen (secondary N) is 1. The minimum absolute atomic E-state index is 0.00139. The Labute approximate surface area is 141 Å². The van der Waals surface area contributed by atoms with Gasteiger partial charge in [0.15, 0.2) is 0 Å². The van der Waals surface area contributed by atoms with Crippen LogP contribution in [0, 0.1) is 0 Å². The first-order valence-electron chi connectivity index (χ1n) is 8.69. The van der Waals surface area contributed by atoms with Crippen molar-refractivity contribution >= 4 is 6.03 Å². The van der Waals surface area contributed by atoms with Gasteiger partial charge in [0.25, 0.3) is 0 Å². The van der Waals surface area contributed by atoms with Gasteiger partial charge in [-0.15, -0.1) is 10.2 Å². The molecule has 126 valence electrons. The molecule has 6 heteroatoms. The number of aromatic nitrogens is 2. The maximum atomic E-state index is 12.3. The number of benzene rings is 1. The summed E-state index contributed by atoms with van der Waals surface area (Å²) in [5.41, 5.74) is 1.11. The highest BCUT2D eigenvalue weighted by Crippen LogP contribution is 2.40. The van der Waals surface area contributed by atoms with Crippen LogP contribution in [0.3, 0.4) is 0 Å². The van der Waals surface area contributed by atoms with Crippen molar-refractivity contribution < 1.29 is 9.21 Å². The average Bonchev–Trinajstić information content (AvgIpc) is 3.38. The topological polar surface area (TPSA) is 71.3 Å². The summed E-state index contributed by atoms with van der Waals surface area (Å²) >= 11 is 0. The molecule has 0 bridgehead atoms. The molecule has 1 aliphatic heterocycles. The van der Waals surface area contributed by atoms with Gasteiger partial charge in [0, 0.05) is 31.5 Å². The number of nitrogens with zero attached hydrogens (tertiary/aromatic N) is 3. The van der Waals surface area contributed by atoms with E-state index in [1.807, 2.05) is 35.2 Å². The smallest absolute Gasteiger partial charge is 0.317 e. The van der Waals surface area contributed by atoms with Gasteiger partial charge in [-0.2, -0.15) is 0 Å². The molecule has 2 aliphatic rings. The van der Waals surface area contributed by atoms with Gasteiger partial charge < -0.3 is 14.6 Å². The zero-order valence-corrected chi connectivity index (χ0v) is 13.6. The lowest BCUT2D eigenvalue weighted by atomic mass is 9.97. The highest BCUT2D eigenvalue weighted by atomic mass is 16.4.